The van der Waals surface area contributed by atoms with Crippen LogP contribution in [0.5, 0.6) is 0 Å². The fourth-order valence-electron chi connectivity index (χ4n) is 7.31. The second-order valence-corrected chi connectivity index (χ2v) is 18.7. The molecule has 2 amide bonds. The zero-order valence-corrected chi connectivity index (χ0v) is 42.0. The molecule has 0 saturated heterocycles. The number of unbranched alkanes of at least 4 members (excludes halogenated alkanes) is 20. The van der Waals surface area contributed by atoms with Gasteiger partial charge in [-0.3, -0.25) is 28.8 Å². The average Bonchev–Trinajstić information content (AvgIpc) is 3.73. The number of nitrogens with zero attached hydrogens (tertiary/aromatic N) is 4. The predicted molar refractivity (Wildman–Crippen MR) is 259 cm³/mol. The van der Waals surface area contributed by atoms with Crippen molar-refractivity contribution in [3.8, 4) is 0 Å². The lowest BCUT2D eigenvalue weighted by Gasteiger charge is -2.22. The third-order valence-electron chi connectivity index (χ3n) is 11.3. The van der Waals surface area contributed by atoms with Crippen LogP contribution in [0.4, 0.5) is 0 Å². The molecule has 65 heavy (non-hydrogen) atoms. The van der Waals surface area contributed by atoms with Gasteiger partial charge in [0, 0.05) is 69.4 Å². The van der Waals surface area contributed by atoms with E-state index in [0.717, 1.165) is 50.0 Å². The summed E-state index contributed by atoms with van der Waals surface area (Å²) in [7, 11) is 0. The van der Waals surface area contributed by atoms with E-state index in [1.54, 1.807) is 29.8 Å². The van der Waals surface area contributed by atoms with E-state index in [-0.39, 0.29) is 56.2 Å². The number of nitrogens with one attached hydrogen (secondary N) is 1. The molecule has 1 rings (SSSR count). The molecule has 0 radical (unpaired) electrons. The first kappa shape index (κ1) is 59.5. The van der Waals surface area contributed by atoms with E-state index < -0.39 is 18.0 Å². The van der Waals surface area contributed by atoms with Crippen LogP contribution in [0.3, 0.4) is 0 Å². The van der Waals surface area contributed by atoms with Crippen molar-refractivity contribution in [2.75, 3.05) is 44.4 Å². The van der Waals surface area contributed by atoms with Crippen molar-refractivity contribution in [2.24, 2.45) is 0 Å². The minimum atomic E-state index is -0.921. The molecule has 1 unspecified atom stereocenters. The Kier molecular flexibility index (Phi) is 38.4. The number of esters is 3. The molecule has 0 saturated carbocycles. The van der Waals surface area contributed by atoms with Crippen LogP contribution in [-0.4, -0.2) is 106 Å². The van der Waals surface area contributed by atoms with E-state index in [9.17, 15) is 28.8 Å². The van der Waals surface area contributed by atoms with Gasteiger partial charge in [-0.15, -0.1) is 5.10 Å². The Labute approximate surface area is 396 Å². The molecule has 0 aliphatic rings. The number of aryl methyl sites for hydroxylation is 1. The third-order valence-corrected chi connectivity index (χ3v) is 12.3. The number of thioether (sulfide) groups is 1. The molecule has 1 heterocycles. The fraction of sp³-hybridized carbons (Fsp3) is 0.840. The van der Waals surface area contributed by atoms with Gasteiger partial charge in [-0.1, -0.05) is 154 Å². The van der Waals surface area contributed by atoms with Crippen LogP contribution in [0.1, 0.15) is 213 Å². The van der Waals surface area contributed by atoms with E-state index in [1.165, 1.54) is 101 Å². The highest BCUT2D eigenvalue weighted by atomic mass is 32.2. The first-order chi connectivity index (χ1) is 31.6. The van der Waals surface area contributed by atoms with Crippen LogP contribution in [0.2, 0.25) is 0 Å². The lowest BCUT2D eigenvalue weighted by Crippen LogP contribution is -2.39. The van der Waals surface area contributed by atoms with Gasteiger partial charge in [-0.2, -0.15) is 11.8 Å². The number of hydrogen-bond donors (Lipinski definition) is 1. The Bertz CT molecular complexity index is 1410. The largest absolute Gasteiger partial charge is 0.462 e. The average molecular weight is 936 g/mol. The van der Waals surface area contributed by atoms with Crippen LogP contribution in [0, 0.1) is 0 Å². The molecule has 0 aliphatic heterocycles. The second kappa shape index (κ2) is 41.9. The van der Waals surface area contributed by atoms with E-state index in [0.29, 0.717) is 63.9 Å². The predicted octanol–water partition coefficient (Wildman–Crippen LogP) is 10.1. The van der Waals surface area contributed by atoms with E-state index in [1.807, 2.05) is 6.92 Å². The quantitative estimate of drug-likeness (QED) is 0.0373. The summed E-state index contributed by atoms with van der Waals surface area (Å²) in [5.74, 6) is 0.147. The van der Waals surface area contributed by atoms with Crippen molar-refractivity contribution in [3.63, 3.8) is 0 Å². The number of amides is 2. The van der Waals surface area contributed by atoms with Gasteiger partial charge in [0.15, 0.2) is 6.10 Å². The minimum Gasteiger partial charge on any atom is -0.462 e. The van der Waals surface area contributed by atoms with Crippen LogP contribution < -0.4 is 5.32 Å². The van der Waals surface area contributed by atoms with Crippen LogP contribution >= 0.6 is 11.8 Å². The van der Waals surface area contributed by atoms with Gasteiger partial charge in [0.05, 0.1) is 5.69 Å². The van der Waals surface area contributed by atoms with Crippen LogP contribution in [0.25, 0.3) is 0 Å². The topological polar surface area (TPSA) is 176 Å². The molecular weight excluding hydrogens is 847 g/mol. The van der Waals surface area contributed by atoms with Crippen LogP contribution in [0.15, 0.2) is 6.20 Å². The Morgan fingerprint density at radius 1 is 0.631 bits per heavy atom. The normalized spacial score (nSPS) is 11.6. The number of carbonyl (C=O) groups excluding carboxylic acids is 6. The molecule has 14 nitrogen and oxygen atoms in total. The monoisotopic (exact) mass is 936 g/mol. The Balaban J connectivity index is 2.50. The molecule has 15 heteroatoms. The van der Waals surface area contributed by atoms with Crippen molar-refractivity contribution in [1.82, 2.24) is 25.2 Å². The molecule has 1 N–H and O–H groups in total. The number of ether oxygens (including phenoxy) is 3. The van der Waals surface area contributed by atoms with Gasteiger partial charge in [-0.25, -0.2) is 4.68 Å². The van der Waals surface area contributed by atoms with Gasteiger partial charge in [0.25, 0.3) is 0 Å². The maximum atomic E-state index is 12.8. The maximum Gasteiger partial charge on any atom is 0.327 e. The molecular formula is C50H89N5O9S. The summed E-state index contributed by atoms with van der Waals surface area (Å²) >= 11 is 1.64. The minimum absolute atomic E-state index is 0.0254. The fourth-order valence-corrected chi connectivity index (χ4v) is 8.29. The number of ketones is 1. The van der Waals surface area contributed by atoms with Crippen LogP contribution in [-0.2, 0) is 55.9 Å². The Hall–Kier alpha value is -3.49. The second-order valence-electron chi connectivity index (χ2n) is 17.5. The molecule has 1 atom stereocenters. The van der Waals surface area contributed by atoms with E-state index in [4.69, 9.17) is 14.2 Å². The molecule has 0 aromatic carbocycles. The highest BCUT2D eigenvalue weighted by molar-refractivity contribution is 7.99. The molecule has 0 aliphatic carbocycles. The zero-order valence-electron chi connectivity index (χ0n) is 41.2. The number of Topliss-reactive ketones (excluding diaryl/α,β-unsaturated/α-hetero) is 1. The summed E-state index contributed by atoms with van der Waals surface area (Å²) in [5.41, 5.74) is 0.617. The zero-order chi connectivity index (χ0) is 47.6. The molecule has 0 fully saturated rings. The first-order valence-electron chi connectivity index (χ1n) is 25.6. The van der Waals surface area contributed by atoms with E-state index >= 15 is 0 Å². The van der Waals surface area contributed by atoms with Gasteiger partial charge in [-0.05, 0) is 32.6 Å². The number of carbonyl (C=O) groups is 6. The van der Waals surface area contributed by atoms with E-state index in [2.05, 4.69) is 29.5 Å². The first-order valence-corrected chi connectivity index (χ1v) is 26.7. The molecule has 1 aromatic heterocycles. The van der Waals surface area contributed by atoms with Gasteiger partial charge >= 0.3 is 17.9 Å². The van der Waals surface area contributed by atoms with Gasteiger partial charge in [0.1, 0.15) is 25.5 Å². The van der Waals surface area contributed by atoms with Gasteiger partial charge < -0.3 is 24.4 Å². The summed E-state index contributed by atoms with van der Waals surface area (Å²) < 4.78 is 18.0. The van der Waals surface area contributed by atoms with Gasteiger partial charge in [0.2, 0.25) is 11.8 Å². The highest BCUT2D eigenvalue weighted by Gasteiger charge is 2.20. The van der Waals surface area contributed by atoms with Crippen molar-refractivity contribution in [3.05, 3.63) is 11.9 Å². The summed E-state index contributed by atoms with van der Waals surface area (Å²) in [6.45, 7) is 8.53. The number of hydrogen-bond acceptors (Lipinski definition) is 12. The third kappa shape index (κ3) is 36.3. The van der Waals surface area contributed by atoms with Crippen molar-refractivity contribution in [2.45, 2.75) is 227 Å². The van der Waals surface area contributed by atoms with Crippen molar-refractivity contribution < 1.29 is 43.0 Å². The highest BCUT2D eigenvalue weighted by Crippen LogP contribution is 2.15. The smallest absolute Gasteiger partial charge is 0.327 e. The lowest BCUT2D eigenvalue weighted by molar-refractivity contribution is -0.167. The molecule has 0 spiro atoms. The molecule has 374 valence electrons. The Morgan fingerprint density at radius 3 is 1.69 bits per heavy atom. The summed E-state index contributed by atoms with van der Waals surface area (Å²) in [6.07, 6.45) is 29.3. The maximum absolute atomic E-state index is 12.8. The lowest BCUT2D eigenvalue weighted by atomic mass is 10.1. The summed E-state index contributed by atoms with van der Waals surface area (Å²) in [6, 6.07) is 0. The Morgan fingerprint density at radius 2 is 1.15 bits per heavy atom. The number of aromatic nitrogens is 3. The standard InChI is InChI=1S/C50H89N5O9S/c1-5-8-10-12-14-16-18-20-22-24-26-31-48(59)62-41-45(64-49(60)32-27-25-23-21-19-17-15-13-11-9-6-2)42-63-50(61)40-55-39-44(52-53-55)29-28-30-46(57)51-34-35-54(47(58)7-3)36-38-65-37-33-43(4)56/h39,45H,5-38,40-42H2,1-4H3,(H,51,57). The molecule has 1 aromatic rings. The van der Waals surface area contributed by atoms with Crippen molar-refractivity contribution in [1.29, 1.82) is 0 Å². The summed E-state index contributed by atoms with van der Waals surface area (Å²) in [5, 5.41) is 11.0. The molecule has 0 bridgehead atoms. The van der Waals surface area contributed by atoms with Crippen molar-refractivity contribution >= 4 is 47.3 Å². The SMILES string of the molecule is CCCCCCCCCCCCCC(=O)OCC(COC(=O)Cn1cc(CCCC(=O)NCCN(CCSCCC(C)=O)C(=O)CC)nn1)OC(=O)CCCCCCCCCCCCC. The number of rotatable bonds is 45. The summed E-state index contributed by atoms with van der Waals surface area (Å²) in [4.78, 5) is 76.0.